The average molecular weight is 433 g/mol. The van der Waals surface area contributed by atoms with Crippen molar-refractivity contribution in [3.8, 4) is 0 Å². The molecule has 1 aromatic rings. The second kappa shape index (κ2) is 16.5. The molecule has 1 heterocycles. The van der Waals surface area contributed by atoms with E-state index in [1.165, 1.54) is 0 Å². The van der Waals surface area contributed by atoms with Crippen LogP contribution in [0.3, 0.4) is 0 Å². The number of carbonyl (C=O) groups excluding carboxylic acids is 1. The zero-order valence-corrected chi connectivity index (χ0v) is 19.3. The Morgan fingerprint density at radius 3 is 2.61 bits per heavy atom. The van der Waals surface area contributed by atoms with Gasteiger partial charge in [0.15, 0.2) is 0 Å². The van der Waals surface area contributed by atoms with Crippen LogP contribution in [0.4, 0.5) is 0 Å². The van der Waals surface area contributed by atoms with Crippen LogP contribution >= 0.6 is 0 Å². The summed E-state index contributed by atoms with van der Waals surface area (Å²) in [7, 11) is 0. The second-order valence-corrected chi connectivity index (χ2v) is 8.07. The van der Waals surface area contributed by atoms with Gasteiger partial charge in [0.2, 0.25) is 0 Å². The van der Waals surface area contributed by atoms with Crippen LogP contribution in [0.1, 0.15) is 94.5 Å². The van der Waals surface area contributed by atoms with Gasteiger partial charge in [-0.25, -0.2) is 0 Å². The fourth-order valence-electron chi connectivity index (χ4n) is 3.47. The largest absolute Gasteiger partial charge is 0.481 e. The molecule has 1 unspecified atom stereocenters. The lowest BCUT2D eigenvalue weighted by Crippen LogP contribution is -2.03. The molecule has 0 saturated carbocycles. The highest BCUT2D eigenvalue weighted by molar-refractivity contribution is 5.66. The van der Waals surface area contributed by atoms with Crippen molar-refractivity contribution < 1.29 is 19.8 Å². The van der Waals surface area contributed by atoms with Crippen molar-refractivity contribution in [2.45, 2.75) is 104 Å². The number of aryl methyl sites for hydroxylation is 1. The van der Waals surface area contributed by atoms with E-state index < -0.39 is 12.1 Å². The molecular formula is C25H40N2O4. The summed E-state index contributed by atoms with van der Waals surface area (Å²) in [5, 5.41) is 23.7. The molecule has 0 aromatic carbocycles. The fourth-order valence-corrected chi connectivity index (χ4v) is 3.47. The molecule has 0 saturated heterocycles. The van der Waals surface area contributed by atoms with Crippen molar-refractivity contribution in [2.24, 2.45) is 0 Å². The van der Waals surface area contributed by atoms with E-state index >= 15 is 0 Å². The van der Waals surface area contributed by atoms with Crippen molar-refractivity contribution >= 4 is 18.3 Å². The van der Waals surface area contributed by atoms with E-state index in [1.807, 2.05) is 22.9 Å². The van der Waals surface area contributed by atoms with Crippen LogP contribution in [0, 0.1) is 6.92 Å². The molecule has 0 amide bonds. The lowest BCUT2D eigenvalue weighted by Gasteiger charge is -2.04. The molecule has 0 fully saturated rings. The number of aliphatic carboxylic acids is 1. The minimum atomic E-state index is -0.761. The summed E-state index contributed by atoms with van der Waals surface area (Å²) in [5.74, 6) is -0.761. The SMILES string of the molecule is CCCCCC(O)/C=C/c1nn(CCCCCC=O)c(C)c1C/C=C\CCCC(=O)O. The van der Waals surface area contributed by atoms with E-state index in [2.05, 4.69) is 19.9 Å². The number of aromatic nitrogens is 2. The number of carboxylic acid groups (broad SMARTS) is 1. The standard InChI is InChI=1S/C25H40N2O4/c1-3-4-9-14-22(29)17-18-24-23(15-10-5-6-11-16-25(30)31)21(2)27(26-24)19-12-7-8-13-20-28/h5,10,17-18,20,22,29H,3-4,6-9,11-16,19H2,1-2H3,(H,30,31)/b10-5-,18-17+. The second-order valence-electron chi connectivity index (χ2n) is 8.07. The molecule has 174 valence electrons. The molecule has 0 spiro atoms. The van der Waals surface area contributed by atoms with Gasteiger partial charge in [0.05, 0.1) is 11.8 Å². The Kier molecular flexibility index (Phi) is 14.3. The van der Waals surface area contributed by atoms with Gasteiger partial charge in [-0.05, 0) is 51.5 Å². The highest BCUT2D eigenvalue weighted by Crippen LogP contribution is 2.19. The molecule has 6 heteroatoms. The molecule has 0 radical (unpaired) electrons. The predicted octanol–water partition coefficient (Wildman–Crippen LogP) is 5.26. The Hall–Kier alpha value is -2.21. The van der Waals surface area contributed by atoms with Crippen molar-refractivity contribution in [1.82, 2.24) is 9.78 Å². The number of hydrogen-bond donors (Lipinski definition) is 2. The monoisotopic (exact) mass is 432 g/mol. The summed E-state index contributed by atoms with van der Waals surface area (Å²) in [4.78, 5) is 21.1. The molecule has 0 aliphatic rings. The zero-order valence-electron chi connectivity index (χ0n) is 19.3. The smallest absolute Gasteiger partial charge is 0.303 e. The van der Waals surface area contributed by atoms with Crippen molar-refractivity contribution in [3.63, 3.8) is 0 Å². The van der Waals surface area contributed by atoms with Crippen molar-refractivity contribution in [2.75, 3.05) is 0 Å². The number of nitrogens with zero attached hydrogens (tertiary/aromatic N) is 2. The molecule has 0 bridgehead atoms. The summed E-state index contributed by atoms with van der Waals surface area (Å²) in [5.41, 5.74) is 3.14. The molecular weight excluding hydrogens is 392 g/mol. The number of hydrogen-bond acceptors (Lipinski definition) is 4. The number of aliphatic hydroxyl groups is 1. The van der Waals surface area contributed by atoms with E-state index in [1.54, 1.807) is 0 Å². The minimum Gasteiger partial charge on any atom is -0.481 e. The molecule has 0 aliphatic carbocycles. The first kappa shape index (κ1) is 26.8. The van der Waals surface area contributed by atoms with Crippen LogP contribution in [-0.4, -0.2) is 38.4 Å². The van der Waals surface area contributed by atoms with Crippen LogP contribution in [0.25, 0.3) is 6.08 Å². The summed E-state index contributed by atoms with van der Waals surface area (Å²) in [6, 6.07) is 0. The number of unbranched alkanes of at least 4 members (excludes halogenated alkanes) is 6. The maximum Gasteiger partial charge on any atom is 0.303 e. The van der Waals surface area contributed by atoms with E-state index in [0.29, 0.717) is 12.8 Å². The molecule has 1 aromatic heterocycles. The number of carbonyl (C=O) groups is 2. The Morgan fingerprint density at radius 1 is 1.10 bits per heavy atom. The summed E-state index contributed by atoms with van der Waals surface area (Å²) >= 11 is 0. The van der Waals surface area contributed by atoms with Crippen LogP contribution in [-0.2, 0) is 22.6 Å². The summed E-state index contributed by atoms with van der Waals surface area (Å²) in [6.45, 7) is 5.03. The highest BCUT2D eigenvalue weighted by atomic mass is 16.4. The van der Waals surface area contributed by atoms with Crippen LogP contribution < -0.4 is 0 Å². The number of aldehydes is 1. The van der Waals surface area contributed by atoms with Crippen molar-refractivity contribution in [1.29, 1.82) is 0 Å². The minimum absolute atomic E-state index is 0.190. The van der Waals surface area contributed by atoms with E-state index in [0.717, 1.165) is 87.6 Å². The molecule has 1 rings (SSSR count). The van der Waals surface area contributed by atoms with Gasteiger partial charge in [-0.2, -0.15) is 5.10 Å². The lowest BCUT2D eigenvalue weighted by molar-refractivity contribution is -0.137. The topological polar surface area (TPSA) is 92.4 Å². The number of aliphatic hydroxyl groups excluding tert-OH is 1. The van der Waals surface area contributed by atoms with Gasteiger partial charge in [0, 0.05) is 30.6 Å². The molecule has 0 aliphatic heterocycles. The van der Waals surface area contributed by atoms with Gasteiger partial charge in [-0.1, -0.05) is 50.8 Å². The van der Waals surface area contributed by atoms with Crippen LogP contribution in [0.2, 0.25) is 0 Å². The fraction of sp³-hybridized carbons (Fsp3) is 0.640. The highest BCUT2D eigenvalue weighted by Gasteiger charge is 2.12. The molecule has 1 atom stereocenters. The average Bonchev–Trinajstić information content (AvgIpc) is 3.03. The maximum absolute atomic E-state index is 10.6. The molecule has 31 heavy (non-hydrogen) atoms. The molecule has 2 N–H and O–H groups in total. The predicted molar refractivity (Wildman–Crippen MR) is 125 cm³/mol. The van der Waals surface area contributed by atoms with Gasteiger partial charge < -0.3 is 15.0 Å². The number of rotatable bonds is 18. The van der Waals surface area contributed by atoms with Crippen LogP contribution in [0.15, 0.2) is 18.2 Å². The number of allylic oxidation sites excluding steroid dienone is 2. The molecule has 6 nitrogen and oxygen atoms in total. The van der Waals surface area contributed by atoms with Gasteiger partial charge in [-0.3, -0.25) is 9.48 Å². The van der Waals surface area contributed by atoms with Gasteiger partial charge in [0.25, 0.3) is 0 Å². The third kappa shape index (κ3) is 11.7. The zero-order chi connectivity index (χ0) is 22.9. The van der Waals surface area contributed by atoms with Gasteiger partial charge in [0.1, 0.15) is 6.29 Å². The lowest BCUT2D eigenvalue weighted by atomic mass is 10.1. The third-order valence-corrected chi connectivity index (χ3v) is 5.38. The van der Waals surface area contributed by atoms with Gasteiger partial charge >= 0.3 is 5.97 Å². The first-order chi connectivity index (χ1) is 15.0. The number of carboxylic acids is 1. The van der Waals surface area contributed by atoms with Crippen molar-refractivity contribution in [3.05, 3.63) is 35.2 Å². The first-order valence-corrected chi connectivity index (χ1v) is 11.7. The Morgan fingerprint density at radius 2 is 1.90 bits per heavy atom. The van der Waals surface area contributed by atoms with Crippen LogP contribution in [0.5, 0.6) is 0 Å². The summed E-state index contributed by atoms with van der Waals surface area (Å²) < 4.78 is 2.03. The van der Waals surface area contributed by atoms with E-state index in [9.17, 15) is 14.7 Å². The Balaban J connectivity index is 2.80. The maximum atomic E-state index is 10.6. The first-order valence-electron chi connectivity index (χ1n) is 11.7. The third-order valence-electron chi connectivity index (χ3n) is 5.38. The Labute approximate surface area is 187 Å². The van der Waals surface area contributed by atoms with E-state index in [4.69, 9.17) is 10.2 Å². The van der Waals surface area contributed by atoms with E-state index in [-0.39, 0.29) is 6.42 Å². The normalized spacial score (nSPS) is 12.7. The summed E-state index contributed by atoms with van der Waals surface area (Å²) in [6.07, 6.45) is 18.2. The Bertz CT molecular complexity index is 707. The quantitative estimate of drug-likeness (QED) is 0.188. The van der Waals surface area contributed by atoms with Gasteiger partial charge in [-0.15, -0.1) is 0 Å².